The Morgan fingerprint density at radius 2 is 1.64 bits per heavy atom. The second-order valence-corrected chi connectivity index (χ2v) is 4.00. The van der Waals surface area contributed by atoms with Crippen LogP contribution < -0.4 is 0 Å². The highest BCUT2D eigenvalue weighted by molar-refractivity contribution is 6.48. The fraction of sp³-hybridized carbons (Fsp3) is 0.333. The molecule has 1 aromatic rings. The van der Waals surface area contributed by atoms with E-state index in [4.69, 9.17) is 44.3 Å². The minimum absolute atomic E-state index is 0.338. The van der Waals surface area contributed by atoms with Crippen LogP contribution in [0.4, 0.5) is 0 Å². The van der Waals surface area contributed by atoms with E-state index < -0.39 is 6.29 Å². The average molecular weight is 254 g/mol. The van der Waals surface area contributed by atoms with Crippen molar-refractivity contribution in [2.75, 3.05) is 13.2 Å². The van der Waals surface area contributed by atoms with E-state index in [0.717, 1.165) is 5.56 Å². The van der Waals surface area contributed by atoms with Crippen molar-refractivity contribution >= 4 is 34.8 Å². The molecule has 14 heavy (non-hydrogen) atoms. The lowest BCUT2D eigenvalue weighted by atomic mass is 10.2. The molecule has 1 saturated heterocycles. The Balaban J connectivity index is 2.38. The van der Waals surface area contributed by atoms with Crippen molar-refractivity contribution in [3.05, 3.63) is 32.8 Å². The van der Waals surface area contributed by atoms with Crippen LogP contribution in [0.25, 0.3) is 0 Å². The quantitative estimate of drug-likeness (QED) is 0.711. The molecule has 0 spiro atoms. The highest BCUT2D eigenvalue weighted by atomic mass is 35.5. The Morgan fingerprint density at radius 3 is 2.29 bits per heavy atom. The summed E-state index contributed by atoms with van der Waals surface area (Å²) < 4.78 is 10.6. The van der Waals surface area contributed by atoms with Crippen molar-refractivity contribution in [3.63, 3.8) is 0 Å². The number of ether oxygens (including phenoxy) is 2. The van der Waals surface area contributed by atoms with Crippen molar-refractivity contribution in [1.82, 2.24) is 0 Å². The summed E-state index contributed by atoms with van der Waals surface area (Å²) in [7, 11) is 0. The molecule has 0 aromatic heterocycles. The third kappa shape index (κ3) is 1.86. The second kappa shape index (κ2) is 4.25. The van der Waals surface area contributed by atoms with E-state index in [9.17, 15) is 0 Å². The van der Waals surface area contributed by atoms with E-state index in [1.165, 1.54) is 0 Å². The second-order valence-electron chi connectivity index (χ2n) is 2.84. The van der Waals surface area contributed by atoms with Crippen molar-refractivity contribution in [2.24, 2.45) is 0 Å². The molecular weight excluding hydrogens is 246 g/mol. The Kier molecular flexibility index (Phi) is 3.20. The SMILES string of the molecule is Clc1ccc(C2OCCO2)c(Cl)c1Cl. The molecule has 0 saturated carbocycles. The van der Waals surface area contributed by atoms with E-state index in [0.29, 0.717) is 28.3 Å². The standard InChI is InChI=1S/C9H7Cl3O2/c10-6-2-1-5(7(11)8(6)12)9-13-3-4-14-9/h1-2,9H,3-4H2. The van der Waals surface area contributed by atoms with Crippen molar-refractivity contribution in [3.8, 4) is 0 Å². The van der Waals surface area contributed by atoms with Crippen LogP contribution in [0.2, 0.25) is 15.1 Å². The van der Waals surface area contributed by atoms with Gasteiger partial charge in [-0.2, -0.15) is 0 Å². The van der Waals surface area contributed by atoms with Crippen LogP contribution in [-0.4, -0.2) is 13.2 Å². The molecule has 1 aromatic carbocycles. The Hall–Kier alpha value is 0.01000. The maximum absolute atomic E-state index is 6.00. The Bertz CT molecular complexity index is 348. The molecule has 2 nitrogen and oxygen atoms in total. The largest absolute Gasteiger partial charge is 0.346 e. The molecule has 76 valence electrons. The molecule has 0 N–H and O–H groups in total. The average Bonchev–Trinajstić information content (AvgIpc) is 2.67. The third-order valence-corrected chi connectivity index (χ3v) is 3.25. The zero-order valence-corrected chi connectivity index (χ0v) is 9.36. The fourth-order valence-electron chi connectivity index (χ4n) is 1.26. The molecule has 1 aliphatic heterocycles. The lowest BCUT2D eigenvalue weighted by Crippen LogP contribution is -1.99. The van der Waals surface area contributed by atoms with E-state index in [-0.39, 0.29) is 0 Å². The van der Waals surface area contributed by atoms with Crippen molar-refractivity contribution in [1.29, 1.82) is 0 Å². The Morgan fingerprint density at radius 1 is 1.00 bits per heavy atom. The molecule has 1 aliphatic rings. The first-order chi connectivity index (χ1) is 6.70. The molecule has 5 heteroatoms. The minimum atomic E-state index is -0.419. The van der Waals surface area contributed by atoms with Crippen LogP contribution in [0, 0.1) is 0 Å². The van der Waals surface area contributed by atoms with Gasteiger partial charge in [0.15, 0.2) is 6.29 Å². The van der Waals surface area contributed by atoms with Crippen LogP contribution in [-0.2, 0) is 9.47 Å². The third-order valence-electron chi connectivity index (χ3n) is 1.94. The lowest BCUT2D eigenvalue weighted by molar-refractivity contribution is -0.0440. The summed E-state index contributed by atoms with van der Waals surface area (Å²) in [4.78, 5) is 0. The summed E-state index contributed by atoms with van der Waals surface area (Å²) in [6, 6.07) is 3.43. The Labute approximate surface area is 96.7 Å². The van der Waals surface area contributed by atoms with Crippen LogP contribution >= 0.6 is 34.8 Å². The maximum atomic E-state index is 6.00. The first kappa shape index (κ1) is 10.5. The molecule has 0 aliphatic carbocycles. The van der Waals surface area contributed by atoms with E-state index >= 15 is 0 Å². The van der Waals surface area contributed by atoms with Gasteiger partial charge in [-0.25, -0.2) is 0 Å². The van der Waals surface area contributed by atoms with E-state index in [1.807, 2.05) is 0 Å². The molecule has 0 radical (unpaired) electrons. The van der Waals surface area contributed by atoms with Gasteiger partial charge in [-0.1, -0.05) is 40.9 Å². The van der Waals surface area contributed by atoms with Gasteiger partial charge in [0, 0.05) is 5.56 Å². The summed E-state index contributed by atoms with van der Waals surface area (Å²) in [6.07, 6.45) is -0.419. The first-order valence-corrected chi connectivity index (χ1v) is 5.20. The predicted molar refractivity (Wildman–Crippen MR) is 56.1 cm³/mol. The summed E-state index contributed by atoms with van der Waals surface area (Å²) >= 11 is 17.7. The lowest BCUT2D eigenvalue weighted by Gasteiger charge is -2.12. The van der Waals surface area contributed by atoms with Gasteiger partial charge in [-0.15, -0.1) is 0 Å². The van der Waals surface area contributed by atoms with Crippen LogP contribution in [0.15, 0.2) is 12.1 Å². The molecule has 0 amide bonds. The number of rotatable bonds is 1. The van der Waals surface area contributed by atoms with Gasteiger partial charge in [0.05, 0.1) is 28.3 Å². The van der Waals surface area contributed by atoms with Gasteiger partial charge in [-0.05, 0) is 6.07 Å². The molecular formula is C9H7Cl3O2. The first-order valence-electron chi connectivity index (χ1n) is 4.07. The monoisotopic (exact) mass is 252 g/mol. The fourth-order valence-corrected chi connectivity index (χ4v) is 1.89. The van der Waals surface area contributed by atoms with E-state index in [2.05, 4.69) is 0 Å². The van der Waals surface area contributed by atoms with E-state index in [1.54, 1.807) is 12.1 Å². The van der Waals surface area contributed by atoms with Crippen molar-refractivity contribution < 1.29 is 9.47 Å². The van der Waals surface area contributed by atoms with Gasteiger partial charge in [0.2, 0.25) is 0 Å². The van der Waals surface area contributed by atoms with Crippen LogP contribution in [0.1, 0.15) is 11.9 Å². The summed E-state index contributed by atoms with van der Waals surface area (Å²) in [5, 5.41) is 1.16. The number of benzene rings is 1. The highest BCUT2D eigenvalue weighted by Gasteiger charge is 2.22. The molecule has 0 unspecified atom stereocenters. The molecule has 2 rings (SSSR count). The summed E-state index contributed by atoms with van der Waals surface area (Å²) in [5.74, 6) is 0. The van der Waals surface area contributed by atoms with Crippen molar-refractivity contribution in [2.45, 2.75) is 6.29 Å². The number of hydrogen-bond acceptors (Lipinski definition) is 2. The zero-order chi connectivity index (χ0) is 10.1. The topological polar surface area (TPSA) is 18.5 Å². The van der Waals surface area contributed by atoms with Crippen LogP contribution in [0.3, 0.4) is 0 Å². The van der Waals surface area contributed by atoms with Crippen LogP contribution in [0.5, 0.6) is 0 Å². The van der Waals surface area contributed by atoms with Gasteiger partial charge >= 0.3 is 0 Å². The molecule has 1 heterocycles. The van der Waals surface area contributed by atoms with Gasteiger partial charge in [-0.3, -0.25) is 0 Å². The number of hydrogen-bond donors (Lipinski definition) is 0. The predicted octanol–water partition coefficient (Wildman–Crippen LogP) is 3.69. The van der Waals surface area contributed by atoms with Gasteiger partial charge < -0.3 is 9.47 Å². The molecule has 1 fully saturated rings. The normalized spacial score (nSPS) is 17.6. The minimum Gasteiger partial charge on any atom is -0.346 e. The smallest absolute Gasteiger partial charge is 0.185 e. The van der Waals surface area contributed by atoms with Gasteiger partial charge in [0.1, 0.15) is 0 Å². The van der Waals surface area contributed by atoms with Gasteiger partial charge in [0.25, 0.3) is 0 Å². The maximum Gasteiger partial charge on any atom is 0.185 e. The number of halogens is 3. The highest BCUT2D eigenvalue weighted by Crippen LogP contribution is 2.37. The molecule has 0 bridgehead atoms. The summed E-state index contributed by atoms with van der Waals surface area (Å²) in [5.41, 5.74) is 0.721. The molecule has 0 atom stereocenters. The summed E-state index contributed by atoms with van der Waals surface area (Å²) in [6.45, 7) is 1.14. The zero-order valence-electron chi connectivity index (χ0n) is 7.10.